The van der Waals surface area contributed by atoms with Gasteiger partial charge in [-0.25, -0.2) is 0 Å². The predicted molar refractivity (Wildman–Crippen MR) is 105 cm³/mol. The molecule has 0 spiro atoms. The molecule has 22 heavy (non-hydrogen) atoms. The molecule has 0 aliphatic heterocycles. The first-order valence-corrected chi connectivity index (χ1v) is 7.85. The Morgan fingerprint density at radius 3 is 2.32 bits per heavy atom. The Morgan fingerprint density at radius 1 is 1.18 bits per heavy atom. The van der Waals surface area contributed by atoms with E-state index in [9.17, 15) is 0 Å². The van der Waals surface area contributed by atoms with Crippen LogP contribution in [0.5, 0.6) is 0 Å². The standard InChI is InChI=1S/C17H29N3O.HI/c1-5-15-7-9-16(10-8-15)14(4)20-17(18-6-2)19-11-13(3)12-21;/h7-10,13-14,21H,5-6,11-12H2,1-4H3,(H2,18,19,20);1H. The average Bonchev–Trinajstić information content (AvgIpc) is 2.52. The molecule has 0 aliphatic rings. The lowest BCUT2D eigenvalue weighted by Gasteiger charge is -2.19. The van der Waals surface area contributed by atoms with Gasteiger partial charge < -0.3 is 15.7 Å². The fraction of sp³-hybridized carbons (Fsp3) is 0.588. The van der Waals surface area contributed by atoms with Crippen LogP contribution in [0.1, 0.15) is 44.9 Å². The van der Waals surface area contributed by atoms with Gasteiger partial charge in [0.1, 0.15) is 0 Å². The third-order valence-corrected chi connectivity index (χ3v) is 3.46. The summed E-state index contributed by atoms with van der Waals surface area (Å²) in [6, 6.07) is 8.86. The number of nitrogens with zero attached hydrogens (tertiary/aromatic N) is 1. The van der Waals surface area contributed by atoms with Crippen LogP contribution < -0.4 is 10.6 Å². The Bertz CT molecular complexity index is 434. The van der Waals surface area contributed by atoms with Crippen molar-refractivity contribution in [1.29, 1.82) is 0 Å². The van der Waals surface area contributed by atoms with Crippen molar-refractivity contribution >= 4 is 29.9 Å². The van der Waals surface area contributed by atoms with Crippen LogP contribution >= 0.6 is 24.0 Å². The lowest BCUT2D eigenvalue weighted by molar-refractivity contribution is 0.241. The Balaban J connectivity index is 0.00000441. The lowest BCUT2D eigenvalue weighted by Crippen LogP contribution is -2.39. The first-order chi connectivity index (χ1) is 10.1. The minimum absolute atomic E-state index is 0. The number of aliphatic imine (C=N–C) groups is 1. The fourth-order valence-corrected chi connectivity index (χ4v) is 1.96. The maximum Gasteiger partial charge on any atom is 0.191 e. The summed E-state index contributed by atoms with van der Waals surface area (Å²) in [5.41, 5.74) is 2.59. The molecular weight excluding hydrogens is 389 g/mol. The van der Waals surface area contributed by atoms with Crippen molar-refractivity contribution in [2.75, 3.05) is 19.7 Å². The molecule has 0 bridgehead atoms. The topological polar surface area (TPSA) is 56.7 Å². The number of rotatable bonds is 7. The first-order valence-electron chi connectivity index (χ1n) is 7.85. The number of benzene rings is 1. The van der Waals surface area contributed by atoms with Crippen LogP contribution in [0.25, 0.3) is 0 Å². The average molecular weight is 419 g/mol. The van der Waals surface area contributed by atoms with Crippen LogP contribution in [0.4, 0.5) is 0 Å². The minimum atomic E-state index is 0. The molecule has 4 nitrogen and oxygen atoms in total. The molecule has 0 saturated heterocycles. The van der Waals surface area contributed by atoms with E-state index in [0.717, 1.165) is 18.9 Å². The zero-order valence-corrected chi connectivity index (χ0v) is 16.4. The molecule has 1 rings (SSSR count). The third kappa shape index (κ3) is 7.45. The van der Waals surface area contributed by atoms with Gasteiger partial charge in [0.15, 0.2) is 5.96 Å². The third-order valence-electron chi connectivity index (χ3n) is 3.46. The Hall–Kier alpha value is -0.820. The van der Waals surface area contributed by atoms with Gasteiger partial charge in [-0.2, -0.15) is 0 Å². The van der Waals surface area contributed by atoms with E-state index >= 15 is 0 Å². The normalized spacial score (nSPS) is 14.0. The fourth-order valence-electron chi connectivity index (χ4n) is 1.96. The number of hydrogen-bond donors (Lipinski definition) is 3. The van der Waals surface area contributed by atoms with Gasteiger partial charge in [0.25, 0.3) is 0 Å². The molecule has 0 aliphatic carbocycles. The van der Waals surface area contributed by atoms with Gasteiger partial charge in [-0.15, -0.1) is 24.0 Å². The number of aryl methyl sites for hydroxylation is 1. The van der Waals surface area contributed by atoms with E-state index in [1.54, 1.807) is 0 Å². The van der Waals surface area contributed by atoms with Crippen molar-refractivity contribution in [2.45, 2.75) is 40.2 Å². The minimum Gasteiger partial charge on any atom is -0.396 e. The van der Waals surface area contributed by atoms with Crippen LogP contribution in [0.15, 0.2) is 29.3 Å². The molecule has 0 aromatic heterocycles. The first kappa shape index (κ1) is 21.2. The largest absolute Gasteiger partial charge is 0.396 e. The van der Waals surface area contributed by atoms with Crippen molar-refractivity contribution in [3.63, 3.8) is 0 Å². The van der Waals surface area contributed by atoms with Crippen LogP contribution in [-0.2, 0) is 6.42 Å². The summed E-state index contributed by atoms with van der Waals surface area (Å²) in [5, 5.41) is 15.7. The monoisotopic (exact) mass is 419 g/mol. The summed E-state index contributed by atoms with van der Waals surface area (Å²) in [6.07, 6.45) is 1.06. The number of halogens is 1. The van der Waals surface area contributed by atoms with Crippen LogP contribution in [0, 0.1) is 5.92 Å². The maximum atomic E-state index is 9.08. The van der Waals surface area contributed by atoms with E-state index < -0.39 is 0 Å². The number of nitrogens with one attached hydrogen (secondary N) is 2. The zero-order valence-electron chi connectivity index (χ0n) is 14.1. The molecule has 3 N–H and O–H groups in total. The quantitative estimate of drug-likeness (QED) is 0.362. The molecule has 1 aromatic carbocycles. The zero-order chi connectivity index (χ0) is 15.7. The molecule has 0 amide bonds. The number of guanidine groups is 1. The number of aliphatic hydroxyl groups is 1. The number of hydrogen-bond acceptors (Lipinski definition) is 2. The summed E-state index contributed by atoms with van der Waals surface area (Å²) in [6.45, 7) is 9.93. The molecule has 5 heteroatoms. The van der Waals surface area contributed by atoms with Crippen molar-refractivity contribution < 1.29 is 5.11 Å². The van der Waals surface area contributed by atoms with Gasteiger partial charge >= 0.3 is 0 Å². The van der Waals surface area contributed by atoms with Gasteiger partial charge in [-0.1, -0.05) is 38.1 Å². The van der Waals surface area contributed by atoms with E-state index in [1.807, 2.05) is 13.8 Å². The highest BCUT2D eigenvalue weighted by molar-refractivity contribution is 14.0. The van der Waals surface area contributed by atoms with E-state index in [2.05, 4.69) is 53.7 Å². The van der Waals surface area contributed by atoms with Crippen LogP contribution in [-0.4, -0.2) is 30.8 Å². The predicted octanol–water partition coefficient (Wildman–Crippen LogP) is 3.11. The molecule has 0 heterocycles. The molecule has 0 saturated carbocycles. The lowest BCUT2D eigenvalue weighted by atomic mass is 10.1. The number of aliphatic hydroxyl groups excluding tert-OH is 1. The molecule has 126 valence electrons. The smallest absolute Gasteiger partial charge is 0.191 e. The highest BCUT2D eigenvalue weighted by Gasteiger charge is 2.08. The highest BCUT2D eigenvalue weighted by Crippen LogP contribution is 2.13. The molecule has 0 radical (unpaired) electrons. The second-order valence-corrected chi connectivity index (χ2v) is 5.47. The van der Waals surface area contributed by atoms with Gasteiger partial charge in [0, 0.05) is 19.7 Å². The summed E-state index contributed by atoms with van der Waals surface area (Å²) in [4.78, 5) is 4.52. The summed E-state index contributed by atoms with van der Waals surface area (Å²) < 4.78 is 0. The second kappa shape index (κ2) is 11.7. The highest BCUT2D eigenvalue weighted by atomic mass is 127. The molecule has 1 aromatic rings. The summed E-state index contributed by atoms with van der Waals surface area (Å²) >= 11 is 0. The maximum absolute atomic E-state index is 9.08. The van der Waals surface area contributed by atoms with Gasteiger partial charge in [-0.3, -0.25) is 4.99 Å². The van der Waals surface area contributed by atoms with Crippen molar-refractivity contribution in [2.24, 2.45) is 10.9 Å². The summed E-state index contributed by atoms with van der Waals surface area (Å²) in [5.74, 6) is 0.976. The van der Waals surface area contributed by atoms with E-state index in [1.165, 1.54) is 11.1 Å². The Labute approximate surface area is 151 Å². The van der Waals surface area contributed by atoms with E-state index in [-0.39, 0.29) is 42.5 Å². The van der Waals surface area contributed by atoms with E-state index in [0.29, 0.717) is 6.54 Å². The van der Waals surface area contributed by atoms with Crippen LogP contribution in [0.2, 0.25) is 0 Å². The van der Waals surface area contributed by atoms with Gasteiger partial charge in [-0.05, 0) is 37.3 Å². The Morgan fingerprint density at radius 2 is 1.82 bits per heavy atom. The Kier molecular flexibility index (Phi) is 11.3. The van der Waals surface area contributed by atoms with Crippen molar-refractivity contribution in [1.82, 2.24) is 10.6 Å². The molecule has 2 unspecified atom stereocenters. The molecule has 0 fully saturated rings. The van der Waals surface area contributed by atoms with E-state index in [4.69, 9.17) is 5.11 Å². The van der Waals surface area contributed by atoms with Crippen molar-refractivity contribution in [3.05, 3.63) is 35.4 Å². The molecule has 2 atom stereocenters. The van der Waals surface area contributed by atoms with Crippen LogP contribution in [0.3, 0.4) is 0 Å². The van der Waals surface area contributed by atoms with Gasteiger partial charge in [0.2, 0.25) is 0 Å². The summed E-state index contributed by atoms with van der Waals surface area (Å²) in [7, 11) is 0. The molecular formula is C17H30IN3O. The van der Waals surface area contributed by atoms with Crippen molar-refractivity contribution in [3.8, 4) is 0 Å². The SMILES string of the molecule is CCNC(=NCC(C)CO)NC(C)c1ccc(CC)cc1.I. The van der Waals surface area contributed by atoms with Gasteiger partial charge in [0.05, 0.1) is 6.04 Å². The second-order valence-electron chi connectivity index (χ2n) is 5.47.